The first kappa shape index (κ1) is 22.9. The first-order chi connectivity index (χ1) is 18.5. The number of aromatic amines is 2. The first-order valence-electron chi connectivity index (χ1n) is 12.6. The second kappa shape index (κ2) is 8.91. The van der Waals surface area contributed by atoms with Crippen molar-refractivity contribution in [1.29, 1.82) is 0 Å². The molecule has 38 heavy (non-hydrogen) atoms. The topological polar surface area (TPSA) is 98.7 Å². The summed E-state index contributed by atoms with van der Waals surface area (Å²) in [6.07, 6.45) is 11.0. The highest BCUT2D eigenvalue weighted by Gasteiger charge is 2.38. The maximum atomic E-state index is 13.6. The van der Waals surface area contributed by atoms with Crippen LogP contribution >= 0.6 is 0 Å². The quantitative estimate of drug-likeness (QED) is 0.347. The number of hydrogen-bond acceptors (Lipinski definition) is 6. The maximum absolute atomic E-state index is 13.6. The van der Waals surface area contributed by atoms with E-state index >= 15 is 0 Å². The molecule has 4 aromatic heterocycles. The van der Waals surface area contributed by atoms with Crippen LogP contribution in [0.1, 0.15) is 17.9 Å². The molecular formula is C28H24F2N8. The zero-order valence-electron chi connectivity index (χ0n) is 20.4. The predicted molar refractivity (Wildman–Crippen MR) is 142 cm³/mol. The molecule has 2 N–H and O–H groups in total. The molecule has 0 saturated carbocycles. The number of pyridine rings is 2. The molecule has 0 spiro atoms. The fourth-order valence-corrected chi connectivity index (χ4v) is 5.35. The Morgan fingerprint density at radius 2 is 2.03 bits per heavy atom. The van der Waals surface area contributed by atoms with Gasteiger partial charge in [0.05, 0.1) is 23.8 Å². The van der Waals surface area contributed by atoms with Crippen LogP contribution in [0.4, 0.5) is 8.78 Å². The van der Waals surface area contributed by atoms with E-state index in [4.69, 9.17) is 4.98 Å². The minimum atomic E-state index is -2.60. The lowest BCUT2D eigenvalue weighted by molar-refractivity contribution is 0.0132. The molecule has 6 heterocycles. The van der Waals surface area contributed by atoms with Gasteiger partial charge in [-0.3, -0.25) is 25.0 Å². The Bertz CT molecular complexity index is 1700. The van der Waals surface area contributed by atoms with Crippen molar-refractivity contribution in [3.05, 3.63) is 72.3 Å². The van der Waals surface area contributed by atoms with Gasteiger partial charge in [-0.1, -0.05) is 18.2 Å². The number of nitrogens with one attached hydrogen (secondary N) is 2. The van der Waals surface area contributed by atoms with Crippen LogP contribution in [-0.2, 0) is 0 Å². The summed E-state index contributed by atoms with van der Waals surface area (Å²) in [5.74, 6) is -1.89. The van der Waals surface area contributed by atoms with E-state index in [-0.39, 0.29) is 18.9 Å². The average Bonchev–Trinajstić information content (AvgIpc) is 3.64. The molecule has 0 amide bonds. The molecule has 0 bridgehead atoms. The summed E-state index contributed by atoms with van der Waals surface area (Å²) in [6.45, 7) is 1.32. The number of H-pyrrole nitrogens is 2. The highest BCUT2D eigenvalue weighted by Crippen LogP contribution is 2.33. The van der Waals surface area contributed by atoms with Gasteiger partial charge in [-0.2, -0.15) is 5.10 Å². The van der Waals surface area contributed by atoms with E-state index in [1.807, 2.05) is 24.4 Å². The Hall–Kier alpha value is -4.31. The number of likely N-dealkylation sites (tertiary alicyclic amines) is 1. The number of fused-ring (bicyclic) bond motifs is 2. The molecule has 1 fully saturated rings. The molecule has 7 rings (SSSR count). The number of benzene rings is 1. The van der Waals surface area contributed by atoms with Crippen LogP contribution in [0.25, 0.3) is 44.6 Å². The number of alkyl halides is 2. The Balaban J connectivity index is 1.22. The SMILES string of the molecule is FC1(F)CCN(CC2=CC(c3ccc4[nH]nc(-c5nc6c(-c7cccnc7)cncc6[nH]5)c4c3)CN=C2)C1. The van der Waals surface area contributed by atoms with E-state index in [9.17, 15) is 8.78 Å². The van der Waals surface area contributed by atoms with Crippen LogP contribution in [0.15, 0.2) is 71.8 Å². The minimum Gasteiger partial charge on any atom is -0.335 e. The van der Waals surface area contributed by atoms with Gasteiger partial charge in [0.25, 0.3) is 5.92 Å². The number of halogens is 2. The zero-order chi connectivity index (χ0) is 25.7. The van der Waals surface area contributed by atoms with E-state index in [1.54, 1.807) is 29.7 Å². The fraction of sp³-hybridized carbons (Fsp3) is 0.250. The number of dihydropyridines is 1. The van der Waals surface area contributed by atoms with Gasteiger partial charge in [-0.05, 0) is 29.3 Å². The summed E-state index contributed by atoms with van der Waals surface area (Å²) in [6, 6.07) is 10.1. The maximum Gasteiger partial charge on any atom is 0.261 e. The van der Waals surface area contributed by atoms with E-state index in [0.29, 0.717) is 25.5 Å². The van der Waals surface area contributed by atoms with Crippen molar-refractivity contribution in [1.82, 2.24) is 35.0 Å². The van der Waals surface area contributed by atoms with Crippen LogP contribution < -0.4 is 0 Å². The molecule has 1 unspecified atom stereocenters. The Labute approximate surface area is 216 Å². The average molecular weight is 511 g/mol. The third kappa shape index (κ3) is 4.16. The molecule has 1 aromatic carbocycles. The first-order valence-corrected chi connectivity index (χ1v) is 12.6. The van der Waals surface area contributed by atoms with Gasteiger partial charge in [0, 0.05) is 73.3 Å². The van der Waals surface area contributed by atoms with Gasteiger partial charge in [0.1, 0.15) is 11.2 Å². The van der Waals surface area contributed by atoms with Gasteiger partial charge in [-0.25, -0.2) is 13.8 Å². The van der Waals surface area contributed by atoms with E-state index in [1.165, 1.54) is 0 Å². The van der Waals surface area contributed by atoms with Crippen molar-refractivity contribution in [3.8, 4) is 22.6 Å². The predicted octanol–water partition coefficient (Wildman–Crippen LogP) is 5.00. The fourth-order valence-electron chi connectivity index (χ4n) is 5.35. The van der Waals surface area contributed by atoms with Crippen molar-refractivity contribution in [3.63, 3.8) is 0 Å². The van der Waals surface area contributed by atoms with E-state index in [2.05, 4.69) is 48.4 Å². The van der Waals surface area contributed by atoms with Gasteiger partial charge >= 0.3 is 0 Å². The Morgan fingerprint density at radius 1 is 1.08 bits per heavy atom. The molecular weight excluding hydrogens is 486 g/mol. The summed E-state index contributed by atoms with van der Waals surface area (Å²) >= 11 is 0. The Kier molecular flexibility index (Phi) is 5.36. The number of imidazole rings is 1. The molecule has 0 aliphatic carbocycles. The number of nitrogens with zero attached hydrogens (tertiary/aromatic N) is 6. The third-order valence-corrected chi connectivity index (χ3v) is 7.24. The lowest BCUT2D eigenvalue weighted by Gasteiger charge is -2.21. The van der Waals surface area contributed by atoms with E-state index < -0.39 is 5.92 Å². The molecule has 10 heteroatoms. The minimum absolute atomic E-state index is 0.0577. The second-order valence-corrected chi connectivity index (χ2v) is 9.95. The number of aliphatic imine (C=N–C) groups is 1. The molecule has 1 atom stereocenters. The van der Waals surface area contributed by atoms with E-state index in [0.717, 1.165) is 49.9 Å². The van der Waals surface area contributed by atoms with Crippen molar-refractivity contribution in [2.45, 2.75) is 18.3 Å². The number of hydrogen-bond donors (Lipinski definition) is 2. The van der Waals surface area contributed by atoms with Crippen LogP contribution in [-0.4, -0.2) is 73.3 Å². The van der Waals surface area contributed by atoms with Gasteiger partial charge in [0.15, 0.2) is 5.82 Å². The van der Waals surface area contributed by atoms with Crippen molar-refractivity contribution >= 4 is 28.2 Å². The van der Waals surface area contributed by atoms with Gasteiger partial charge in [0.2, 0.25) is 0 Å². The molecule has 0 radical (unpaired) electrons. The van der Waals surface area contributed by atoms with Crippen molar-refractivity contribution < 1.29 is 8.78 Å². The summed E-state index contributed by atoms with van der Waals surface area (Å²) in [4.78, 5) is 23.2. The molecule has 190 valence electrons. The van der Waals surface area contributed by atoms with Crippen molar-refractivity contribution in [2.75, 3.05) is 26.2 Å². The summed E-state index contributed by atoms with van der Waals surface area (Å²) in [5.41, 5.74) is 7.14. The summed E-state index contributed by atoms with van der Waals surface area (Å²) < 4.78 is 27.3. The smallest absolute Gasteiger partial charge is 0.261 e. The van der Waals surface area contributed by atoms with Crippen LogP contribution in [0.2, 0.25) is 0 Å². The summed E-state index contributed by atoms with van der Waals surface area (Å²) in [7, 11) is 0. The second-order valence-electron chi connectivity index (χ2n) is 9.95. The Morgan fingerprint density at radius 3 is 2.87 bits per heavy atom. The number of rotatable bonds is 5. The summed E-state index contributed by atoms with van der Waals surface area (Å²) in [5, 5.41) is 8.63. The largest absolute Gasteiger partial charge is 0.335 e. The normalized spacial score (nSPS) is 19.4. The highest BCUT2D eigenvalue weighted by molar-refractivity contribution is 5.96. The lowest BCUT2D eigenvalue weighted by atomic mass is 9.93. The van der Waals surface area contributed by atoms with Gasteiger partial charge < -0.3 is 4.98 Å². The zero-order valence-corrected chi connectivity index (χ0v) is 20.4. The lowest BCUT2D eigenvalue weighted by Crippen LogP contribution is -2.28. The molecule has 5 aromatic rings. The van der Waals surface area contributed by atoms with Gasteiger partial charge in [-0.15, -0.1) is 0 Å². The van der Waals surface area contributed by atoms with Crippen LogP contribution in [0, 0.1) is 0 Å². The highest BCUT2D eigenvalue weighted by atomic mass is 19.3. The molecule has 2 aliphatic heterocycles. The molecule has 2 aliphatic rings. The third-order valence-electron chi connectivity index (χ3n) is 7.24. The monoisotopic (exact) mass is 510 g/mol. The number of aromatic nitrogens is 6. The van der Waals surface area contributed by atoms with Crippen LogP contribution in [0.3, 0.4) is 0 Å². The van der Waals surface area contributed by atoms with Crippen LogP contribution in [0.5, 0.6) is 0 Å². The molecule has 8 nitrogen and oxygen atoms in total. The standard InChI is InChI=1S/C28H24F2N8/c29-28(30)5-7-38(16-28)15-17-8-20(12-32-10-17)18-3-4-23-21(9-18)26(37-36-23)27-34-24-14-33-13-22(25(24)35-27)19-2-1-6-31-11-19/h1-4,6,8-11,13-14,20H,5,7,12,15-16H2,(H,34,35)(H,36,37). The van der Waals surface area contributed by atoms with Crippen molar-refractivity contribution in [2.24, 2.45) is 4.99 Å². The molecule has 1 saturated heterocycles.